The Kier molecular flexibility index (Phi) is 5.05. The van der Waals surface area contributed by atoms with Gasteiger partial charge in [0.2, 0.25) is 0 Å². The summed E-state index contributed by atoms with van der Waals surface area (Å²) in [6, 6.07) is 0.103. The van der Waals surface area contributed by atoms with Gasteiger partial charge < -0.3 is 10.1 Å². The third kappa shape index (κ3) is 3.55. The molecule has 0 spiro atoms. The highest BCUT2D eigenvalue weighted by Gasteiger charge is 2.42. The van der Waals surface area contributed by atoms with Crippen molar-refractivity contribution >= 4 is 12.4 Å². The highest BCUT2D eigenvalue weighted by Crippen LogP contribution is 2.45. The Bertz CT molecular complexity index is 510. The molecule has 1 aliphatic heterocycles. The van der Waals surface area contributed by atoms with E-state index in [1.807, 2.05) is 0 Å². The standard InChI is InChI=1S/C12H11F6NO.ClH/c1-20-9-5-6(11(13,14)15)4-7(12(16,17)18)10(9)8-2-3-19-8;/h4-5,8,19H,2-3H2,1H3;1H/t8-;/m1./s1. The van der Waals surface area contributed by atoms with Crippen LogP contribution in [0.2, 0.25) is 0 Å². The van der Waals surface area contributed by atoms with Gasteiger partial charge in [-0.3, -0.25) is 0 Å². The largest absolute Gasteiger partial charge is 0.496 e. The van der Waals surface area contributed by atoms with Gasteiger partial charge in [-0.15, -0.1) is 12.4 Å². The zero-order valence-corrected chi connectivity index (χ0v) is 11.5. The average molecular weight is 336 g/mol. The van der Waals surface area contributed by atoms with Crippen LogP contribution in [0.25, 0.3) is 0 Å². The number of benzene rings is 1. The first-order chi connectivity index (χ1) is 9.14. The number of methoxy groups -OCH3 is 1. The van der Waals surface area contributed by atoms with E-state index in [0.717, 1.165) is 7.11 Å². The van der Waals surface area contributed by atoms with Crippen molar-refractivity contribution in [3.63, 3.8) is 0 Å². The molecule has 1 aromatic carbocycles. The molecule has 1 atom stereocenters. The molecule has 0 aromatic heterocycles. The van der Waals surface area contributed by atoms with Crippen molar-refractivity contribution < 1.29 is 31.1 Å². The summed E-state index contributed by atoms with van der Waals surface area (Å²) in [4.78, 5) is 0. The molecule has 1 aliphatic rings. The van der Waals surface area contributed by atoms with Gasteiger partial charge in [-0.25, -0.2) is 0 Å². The molecule has 0 saturated carbocycles. The first-order valence-electron chi connectivity index (χ1n) is 5.74. The molecule has 1 N–H and O–H groups in total. The monoisotopic (exact) mass is 335 g/mol. The predicted octanol–water partition coefficient (Wildman–Crippen LogP) is 4.19. The predicted molar refractivity (Wildman–Crippen MR) is 65.6 cm³/mol. The Hall–Kier alpha value is -1.15. The van der Waals surface area contributed by atoms with Crippen molar-refractivity contribution in [2.24, 2.45) is 0 Å². The molecular formula is C12H12ClF6NO. The zero-order valence-electron chi connectivity index (χ0n) is 10.7. The van der Waals surface area contributed by atoms with Gasteiger partial charge in [0.25, 0.3) is 0 Å². The molecule has 1 fully saturated rings. The summed E-state index contributed by atoms with van der Waals surface area (Å²) in [5.41, 5.74) is -2.94. The van der Waals surface area contributed by atoms with Crippen LogP contribution in [0.3, 0.4) is 0 Å². The second-order valence-corrected chi connectivity index (χ2v) is 4.43. The third-order valence-corrected chi connectivity index (χ3v) is 3.17. The zero-order chi connectivity index (χ0) is 15.1. The first kappa shape index (κ1) is 17.9. The fraction of sp³-hybridized carbons (Fsp3) is 0.500. The Morgan fingerprint density at radius 1 is 1.10 bits per heavy atom. The van der Waals surface area contributed by atoms with Crippen LogP contribution in [0.4, 0.5) is 26.3 Å². The first-order valence-corrected chi connectivity index (χ1v) is 5.74. The lowest BCUT2D eigenvalue weighted by Gasteiger charge is -2.32. The number of hydrogen-bond acceptors (Lipinski definition) is 2. The van der Waals surface area contributed by atoms with Crippen LogP contribution in [0.1, 0.15) is 29.2 Å². The second-order valence-electron chi connectivity index (χ2n) is 4.43. The van der Waals surface area contributed by atoms with Crippen molar-refractivity contribution in [3.05, 3.63) is 28.8 Å². The molecule has 1 heterocycles. The van der Waals surface area contributed by atoms with Crippen LogP contribution in [-0.4, -0.2) is 13.7 Å². The fourth-order valence-corrected chi connectivity index (χ4v) is 2.09. The van der Waals surface area contributed by atoms with Crippen LogP contribution >= 0.6 is 12.4 Å². The summed E-state index contributed by atoms with van der Waals surface area (Å²) in [7, 11) is 1.05. The van der Waals surface area contributed by atoms with Gasteiger partial charge in [-0.2, -0.15) is 26.3 Å². The molecular weight excluding hydrogens is 324 g/mol. The van der Waals surface area contributed by atoms with Gasteiger partial charge in [0, 0.05) is 11.6 Å². The minimum absolute atomic E-state index is 0. The molecule has 0 unspecified atom stereocenters. The molecule has 0 radical (unpaired) electrons. The summed E-state index contributed by atoms with van der Waals surface area (Å²) in [5.74, 6) is -0.399. The van der Waals surface area contributed by atoms with E-state index in [0.29, 0.717) is 19.0 Å². The lowest BCUT2D eigenvalue weighted by molar-refractivity contribution is -0.143. The van der Waals surface area contributed by atoms with Crippen LogP contribution in [0.15, 0.2) is 12.1 Å². The highest BCUT2D eigenvalue weighted by molar-refractivity contribution is 5.85. The topological polar surface area (TPSA) is 21.3 Å². The number of nitrogens with one attached hydrogen (secondary N) is 1. The quantitative estimate of drug-likeness (QED) is 0.818. The normalized spacial score (nSPS) is 18.7. The number of hydrogen-bond donors (Lipinski definition) is 1. The van der Waals surface area contributed by atoms with Gasteiger partial charge in [-0.05, 0) is 25.1 Å². The molecule has 120 valence electrons. The maximum atomic E-state index is 13.0. The summed E-state index contributed by atoms with van der Waals surface area (Å²) in [5, 5.41) is 2.75. The molecule has 0 amide bonds. The average Bonchev–Trinajstić information content (AvgIpc) is 2.23. The number of rotatable bonds is 2. The van der Waals surface area contributed by atoms with E-state index in [-0.39, 0.29) is 24.0 Å². The Morgan fingerprint density at radius 2 is 1.67 bits per heavy atom. The van der Waals surface area contributed by atoms with E-state index in [4.69, 9.17) is 4.74 Å². The smallest absolute Gasteiger partial charge is 0.416 e. The van der Waals surface area contributed by atoms with E-state index in [9.17, 15) is 26.3 Å². The Labute approximate surface area is 122 Å². The lowest BCUT2D eigenvalue weighted by Crippen LogP contribution is -2.36. The van der Waals surface area contributed by atoms with Crippen molar-refractivity contribution in [1.82, 2.24) is 5.32 Å². The molecule has 1 saturated heterocycles. The van der Waals surface area contributed by atoms with Crippen molar-refractivity contribution in [3.8, 4) is 5.75 Å². The van der Waals surface area contributed by atoms with E-state index >= 15 is 0 Å². The summed E-state index contributed by atoms with van der Waals surface area (Å²) < 4.78 is 81.7. The third-order valence-electron chi connectivity index (χ3n) is 3.17. The number of alkyl halides is 6. The second kappa shape index (κ2) is 5.92. The molecule has 2 nitrogen and oxygen atoms in total. The van der Waals surface area contributed by atoms with Crippen molar-refractivity contribution in [1.29, 1.82) is 0 Å². The fourth-order valence-electron chi connectivity index (χ4n) is 2.09. The number of halogens is 7. The van der Waals surface area contributed by atoms with Crippen molar-refractivity contribution in [2.45, 2.75) is 24.8 Å². The summed E-state index contributed by atoms with van der Waals surface area (Å²) >= 11 is 0. The molecule has 1 aromatic rings. The molecule has 0 bridgehead atoms. The van der Waals surface area contributed by atoms with Gasteiger partial charge in [0.05, 0.1) is 18.2 Å². The van der Waals surface area contributed by atoms with Gasteiger partial charge in [0.1, 0.15) is 5.75 Å². The molecule has 0 aliphatic carbocycles. The van der Waals surface area contributed by atoms with E-state index in [1.165, 1.54) is 0 Å². The Balaban J connectivity index is 0.00000220. The SMILES string of the molecule is COc1cc(C(F)(F)F)cc(C(F)(F)F)c1[C@H]1CCN1.Cl. The lowest BCUT2D eigenvalue weighted by atomic mass is 9.90. The van der Waals surface area contributed by atoms with Gasteiger partial charge >= 0.3 is 12.4 Å². The highest BCUT2D eigenvalue weighted by atomic mass is 35.5. The van der Waals surface area contributed by atoms with E-state index in [1.54, 1.807) is 0 Å². The van der Waals surface area contributed by atoms with Crippen molar-refractivity contribution in [2.75, 3.05) is 13.7 Å². The maximum Gasteiger partial charge on any atom is 0.416 e. The minimum atomic E-state index is -4.87. The van der Waals surface area contributed by atoms with E-state index in [2.05, 4.69) is 5.32 Å². The number of ether oxygens (including phenoxy) is 1. The van der Waals surface area contributed by atoms with Crippen LogP contribution in [-0.2, 0) is 12.4 Å². The Morgan fingerprint density at radius 3 is 2.00 bits per heavy atom. The van der Waals surface area contributed by atoms with E-state index < -0.39 is 35.3 Å². The molecule has 2 rings (SSSR count). The summed E-state index contributed by atoms with van der Waals surface area (Å²) in [6.45, 7) is 0.520. The molecule has 9 heteroatoms. The maximum absolute atomic E-state index is 13.0. The minimum Gasteiger partial charge on any atom is -0.496 e. The van der Waals surface area contributed by atoms with Crippen LogP contribution in [0.5, 0.6) is 5.75 Å². The van der Waals surface area contributed by atoms with Gasteiger partial charge in [0.15, 0.2) is 0 Å². The van der Waals surface area contributed by atoms with Gasteiger partial charge in [-0.1, -0.05) is 0 Å². The molecule has 21 heavy (non-hydrogen) atoms. The van der Waals surface area contributed by atoms with Crippen LogP contribution < -0.4 is 10.1 Å². The van der Waals surface area contributed by atoms with Crippen LogP contribution in [0, 0.1) is 0 Å². The summed E-state index contributed by atoms with van der Waals surface area (Å²) in [6.07, 6.45) is -9.31.